The molecule has 2 rings (SSSR count). The van der Waals surface area contributed by atoms with Crippen LogP contribution in [-0.2, 0) is 6.42 Å². The van der Waals surface area contributed by atoms with Crippen molar-refractivity contribution in [1.29, 1.82) is 0 Å². The van der Waals surface area contributed by atoms with Crippen LogP contribution in [0.5, 0.6) is 0 Å². The summed E-state index contributed by atoms with van der Waals surface area (Å²) in [5.74, 6) is 0. The number of hydrogen-bond donors (Lipinski definition) is 0. The van der Waals surface area contributed by atoms with Crippen LogP contribution < -0.4 is 0 Å². The number of benzene rings is 1. The molecule has 0 unspecified atom stereocenters. The maximum Gasteiger partial charge on any atom is 0.0664 e. The van der Waals surface area contributed by atoms with Gasteiger partial charge in [0.05, 0.1) is 5.69 Å². The Kier molecular flexibility index (Phi) is 1.78. The molecule has 0 spiro atoms. The van der Waals surface area contributed by atoms with E-state index in [2.05, 4.69) is 36.2 Å². The van der Waals surface area contributed by atoms with Gasteiger partial charge in [0.15, 0.2) is 0 Å². The first-order chi connectivity index (χ1) is 5.86. The molecule has 1 heteroatoms. The maximum atomic E-state index is 4.37. The van der Waals surface area contributed by atoms with Crippen LogP contribution in [0.25, 0.3) is 0 Å². The van der Waals surface area contributed by atoms with Gasteiger partial charge in [-0.2, -0.15) is 0 Å². The highest BCUT2D eigenvalue weighted by Gasteiger charge is 2.00. The summed E-state index contributed by atoms with van der Waals surface area (Å²) in [4.78, 5) is 4.37. The molecule has 0 fully saturated rings. The maximum absolute atomic E-state index is 4.37. The van der Waals surface area contributed by atoms with Gasteiger partial charge in [0.25, 0.3) is 0 Å². The van der Waals surface area contributed by atoms with Crippen molar-refractivity contribution in [3.8, 4) is 0 Å². The van der Waals surface area contributed by atoms with Crippen LogP contribution in [0.4, 0.5) is 5.69 Å². The summed E-state index contributed by atoms with van der Waals surface area (Å²) in [7, 11) is 0. The van der Waals surface area contributed by atoms with Crippen molar-refractivity contribution < 1.29 is 0 Å². The smallest absolute Gasteiger partial charge is 0.0664 e. The van der Waals surface area contributed by atoms with Crippen molar-refractivity contribution in [2.24, 2.45) is 4.99 Å². The lowest BCUT2D eigenvalue weighted by molar-refractivity contribution is 1.26. The molecule has 0 N–H and O–H groups in total. The lowest BCUT2D eigenvalue weighted by Crippen LogP contribution is -1.79. The van der Waals surface area contributed by atoms with Gasteiger partial charge in [-0.3, -0.25) is 4.99 Å². The first-order valence-corrected chi connectivity index (χ1v) is 4.15. The van der Waals surface area contributed by atoms with Crippen LogP contribution in [0.1, 0.15) is 12.5 Å². The highest BCUT2D eigenvalue weighted by molar-refractivity contribution is 5.81. The Hall–Kier alpha value is -1.37. The summed E-state index contributed by atoms with van der Waals surface area (Å²) in [5.41, 5.74) is 3.66. The van der Waals surface area contributed by atoms with Gasteiger partial charge in [0, 0.05) is 6.21 Å². The van der Waals surface area contributed by atoms with Crippen molar-refractivity contribution in [1.82, 2.24) is 0 Å². The van der Waals surface area contributed by atoms with Crippen LogP contribution >= 0.6 is 0 Å². The zero-order valence-electron chi connectivity index (χ0n) is 7.12. The Morgan fingerprint density at radius 2 is 2.08 bits per heavy atom. The van der Waals surface area contributed by atoms with E-state index in [-0.39, 0.29) is 0 Å². The molecule has 0 bridgehead atoms. The van der Waals surface area contributed by atoms with Gasteiger partial charge in [0.1, 0.15) is 0 Å². The van der Waals surface area contributed by atoms with E-state index in [1.807, 2.05) is 12.3 Å². The fourth-order valence-electron chi connectivity index (χ4n) is 1.30. The molecular formula is C11H11N. The van der Waals surface area contributed by atoms with Crippen molar-refractivity contribution in [2.75, 3.05) is 0 Å². The molecule has 12 heavy (non-hydrogen) atoms. The molecule has 1 aromatic rings. The number of allylic oxidation sites excluding steroid dienone is 2. The van der Waals surface area contributed by atoms with E-state index in [1.54, 1.807) is 0 Å². The van der Waals surface area contributed by atoms with Crippen molar-refractivity contribution >= 4 is 11.9 Å². The van der Waals surface area contributed by atoms with Crippen molar-refractivity contribution in [2.45, 2.75) is 13.3 Å². The molecule has 0 amide bonds. The molecule has 0 saturated carbocycles. The predicted octanol–water partition coefficient (Wildman–Crippen LogP) is 2.89. The van der Waals surface area contributed by atoms with Gasteiger partial charge in [-0.1, -0.05) is 24.3 Å². The number of rotatable bonds is 0. The van der Waals surface area contributed by atoms with Gasteiger partial charge >= 0.3 is 0 Å². The number of para-hydroxylation sites is 1. The third-order valence-electron chi connectivity index (χ3n) is 2.04. The second-order valence-electron chi connectivity index (χ2n) is 3.04. The molecular weight excluding hydrogens is 146 g/mol. The minimum Gasteiger partial charge on any atom is -0.256 e. The van der Waals surface area contributed by atoms with Crippen LogP contribution in [0.15, 0.2) is 40.9 Å². The van der Waals surface area contributed by atoms with E-state index in [1.165, 1.54) is 11.1 Å². The Labute approximate surface area is 72.5 Å². The number of aliphatic imine (C=N–C) groups is 1. The lowest BCUT2D eigenvalue weighted by Gasteiger charge is -1.98. The first-order valence-electron chi connectivity index (χ1n) is 4.15. The summed E-state index contributed by atoms with van der Waals surface area (Å²) in [5, 5.41) is 0. The normalized spacial score (nSPS) is 14.9. The number of fused-ring (bicyclic) bond motifs is 1. The molecule has 1 nitrogen and oxygen atoms in total. The Bertz CT molecular complexity index is 348. The standard InChI is InChI=1S/C11H11N/c1-9-6-7-10-4-2-3-5-11(10)12-8-9/h2-6,8H,7H2,1H3. The summed E-state index contributed by atoms with van der Waals surface area (Å²) in [6.45, 7) is 2.08. The quantitative estimate of drug-likeness (QED) is 0.549. The Morgan fingerprint density at radius 1 is 1.25 bits per heavy atom. The fraction of sp³-hybridized carbons (Fsp3) is 0.182. The van der Waals surface area contributed by atoms with Gasteiger partial charge in [0.2, 0.25) is 0 Å². The highest BCUT2D eigenvalue weighted by atomic mass is 14.7. The highest BCUT2D eigenvalue weighted by Crippen LogP contribution is 2.21. The van der Waals surface area contributed by atoms with E-state index in [9.17, 15) is 0 Å². The van der Waals surface area contributed by atoms with Gasteiger partial charge in [-0.05, 0) is 30.5 Å². The van der Waals surface area contributed by atoms with E-state index >= 15 is 0 Å². The molecule has 1 heterocycles. The minimum absolute atomic E-state index is 1.00. The summed E-state index contributed by atoms with van der Waals surface area (Å²) >= 11 is 0. The molecule has 1 aliphatic heterocycles. The molecule has 0 aromatic heterocycles. The van der Waals surface area contributed by atoms with E-state index in [4.69, 9.17) is 0 Å². The van der Waals surface area contributed by atoms with E-state index in [0.717, 1.165) is 12.1 Å². The van der Waals surface area contributed by atoms with Crippen LogP contribution in [-0.4, -0.2) is 6.21 Å². The minimum atomic E-state index is 1.00. The van der Waals surface area contributed by atoms with Crippen molar-refractivity contribution in [3.63, 3.8) is 0 Å². The van der Waals surface area contributed by atoms with E-state index in [0.29, 0.717) is 0 Å². The summed E-state index contributed by atoms with van der Waals surface area (Å²) in [6, 6.07) is 8.26. The molecule has 0 saturated heterocycles. The molecule has 1 aromatic carbocycles. The Morgan fingerprint density at radius 3 is 3.00 bits per heavy atom. The van der Waals surface area contributed by atoms with E-state index < -0.39 is 0 Å². The summed E-state index contributed by atoms with van der Waals surface area (Å²) in [6.07, 6.45) is 5.13. The Balaban J connectivity index is 2.48. The third kappa shape index (κ3) is 1.30. The average molecular weight is 157 g/mol. The van der Waals surface area contributed by atoms with Gasteiger partial charge < -0.3 is 0 Å². The van der Waals surface area contributed by atoms with Gasteiger partial charge in [-0.15, -0.1) is 0 Å². The van der Waals surface area contributed by atoms with Crippen LogP contribution in [0.2, 0.25) is 0 Å². The molecule has 0 radical (unpaired) electrons. The SMILES string of the molecule is CC1=CCc2ccccc2N=C1. The number of hydrogen-bond acceptors (Lipinski definition) is 1. The van der Waals surface area contributed by atoms with Gasteiger partial charge in [-0.25, -0.2) is 0 Å². The largest absolute Gasteiger partial charge is 0.256 e. The topological polar surface area (TPSA) is 12.4 Å². The zero-order valence-corrected chi connectivity index (χ0v) is 7.12. The lowest BCUT2D eigenvalue weighted by atomic mass is 10.1. The van der Waals surface area contributed by atoms with Crippen LogP contribution in [0, 0.1) is 0 Å². The first kappa shape index (κ1) is 7.29. The average Bonchev–Trinajstić information content (AvgIpc) is 2.29. The molecule has 0 aliphatic carbocycles. The predicted molar refractivity (Wildman–Crippen MR) is 52.1 cm³/mol. The molecule has 0 atom stereocenters. The molecule has 60 valence electrons. The third-order valence-corrected chi connectivity index (χ3v) is 2.04. The zero-order chi connectivity index (χ0) is 8.39. The monoisotopic (exact) mass is 157 g/mol. The summed E-state index contributed by atoms with van der Waals surface area (Å²) < 4.78 is 0. The number of nitrogens with zero attached hydrogens (tertiary/aromatic N) is 1. The van der Waals surface area contributed by atoms with Crippen molar-refractivity contribution in [3.05, 3.63) is 41.5 Å². The second-order valence-corrected chi connectivity index (χ2v) is 3.04. The van der Waals surface area contributed by atoms with Crippen LogP contribution in [0.3, 0.4) is 0 Å². The second kappa shape index (κ2) is 2.94. The fourth-order valence-corrected chi connectivity index (χ4v) is 1.30. The molecule has 1 aliphatic rings.